The van der Waals surface area contributed by atoms with Crippen molar-refractivity contribution in [3.63, 3.8) is 0 Å². The average molecular weight is 273 g/mol. The van der Waals surface area contributed by atoms with Crippen LogP contribution in [0.1, 0.15) is 11.4 Å². The van der Waals surface area contributed by atoms with Crippen molar-refractivity contribution < 1.29 is 13.2 Å². The zero-order valence-electron chi connectivity index (χ0n) is 9.96. The molecule has 10 heteroatoms. The number of nitrogens with zero attached hydrogens (tertiary/aromatic N) is 7. The highest BCUT2D eigenvalue weighted by Gasteiger charge is 2.36. The molecule has 0 radical (unpaired) electrons. The number of rotatable bonds is 1. The summed E-state index contributed by atoms with van der Waals surface area (Å²) in [5.74, 6) is 0.529. The summed E-state index contributed by atoms with van der Waals surface area (Å²) >= 11 is 0. The van der Waals surface area contributed by atoms with E-state index >= 15 is 0 Å². The summed E-state index contributed by atoms with van der Waals surface area (Å²) in [7, 11) is 1.68. The standard InChI is InChI=1S/C9H10F3N7/c1-17-8(13-15-16-17)18-2-3-19-6(5-18)4-7(14-19)9(10,11)12/h4H,2-3,5H2,1H3. The Morgan fingerprint density at radius 1 is 1.26 bits per heavy atom. The van der Waals surface area contributed by atoms with Crippen LogP contribution in [0.25, 0.3) is 0 Å². The number of halogens is 3. The van der Waals surface area contributed by atoms with Crippen molar-refractivity contribution in [2.75, 3.05) is 11.4 Å². The molecule has 2 aromatic rings. The molecule has 1 aliphatic rings. The van der Waals surface area contributed by atoms with Gasteiger partial charge in [-0.25, -0.2) is 4.68 Å². The minimum Gasteiger partial charge on any atom is -0.332 e. The molecule has 0 unspecified atom stereocenters. The molecular weight excluding hydrogens is 263 g/mol. The van der Waals surface area contributed by atoms with Gasteiger partial charge in [0, 0.05) is 13.6 Å². The van der Waals surface area contributed by atoms with Crippen LogP contribution in [0.5, 0.6) is 0 Å². The Morgan fingerprint density at radius 2 is 2.05 bits per heavy atom. The van der Waals surface area contributed by atoms with Crippen LogP contribution in [0.3, 0.4) is 0 Å². The Balaban J connectivity index is 1.88. The number of aromatic nitrogens is 6. The highest BCUT2D eigenvalue weighted by molar-refractivity contribution is 5.31. The number of tetrazole rings is 1. The van der Waals surface area contributed by atoms with E-state index in [1.807, 2.05) is 4.90 Å². The van der Waals surface area contributed by atoms with E-state index in [1.165, 1.54) is 9.36 Å². The molecule has 0 amide bonds. The maximum absolute atomic E-state index is 12.6. The second-order valence-corrected chi connectivity index (χ2v) is 4.27. The van der Waals surface area contributed by atoms with E-state index in [-0.39, 0.29) is 0 Å². The predicted molar refractivity (Wildman–Crippen MR) is 57.1 cm³/mol. The zero-order chi connectivity index (χ0) is 13.6. The number of hydrogen-bond acceptors (Lipinski definition) is 5. The monoisotopic (exact) mass is 273 g/mol. The summed E-state index contributed by atoms with van der Waals surface area (Å²) in [6, 6.07) is 1.07. The first-order valence-corrected chi connectivity index (χ1v) is 5.56. The predicted octanol–water partition coefficient (Wildman–Crippen LogP) is 0.446. The molecule has 7 nitrogen and oxygen atoms in total. The third-order valence-electron chi connectivity index (χ3n) is 2.97. The molecular formula is C9H10F3N7. The van der Waals surface area contributed by atoms with Gasteiger partial charge in [-0.3, -0.25) is 4.68 Å². The maximum Gasteiger partial charge on any atom is 0.435 e. The molecule has 3 heterocycles. The Labute approximate surface area is 105 Å². The van der Waals surface area contributed by atoms with Gasteiger partial charge in [0.25, 0.3) is 0 Å². The summed E-state index contributed by atoms with van der Waals surface area (Å²) in [6.07, 6.45) is -4.42. The van der Waals surface area contributed by atoms with E-state index in [1.54, 1.807) is 7.05 Å². The molecule has 0 N–H and O–H groups in total. The normalized spacial score (nSPS) is 15.7. The van der Waals surface area contributed by atoms with Crippen LogP contribution >= 0.6 is 0 Å². The van der Waals surface area contributed by atoms with Crippen molar-refractivity contribution in [1.29, 1.82) is 0 Å². The van der Waals surface area contributed by atoms with E-state index in [0.29, 0.717) is 31.3 Å². The number of fused-ring (bicyclic) bond motifs is 1. The summed E-state index contributed by atoms with van der Waals surface area (Å²) in [4.78, 5) is 1.82. The van der Waals surface area contributed by atoms with E-state index in [2.05, 4.69) is 20.6 Å². The van der Waals surface area contributed by atoms with Crippen LogP contribution in [-0.4, -0.2) is 36.5 Å². The molecule has 1 aliphatic heterocycles. The summed E-state index contributed by atoms with van der Waals surface area (Å²) < 4.78 is 40.6. The van der Waals surface area contributed by atoms with E-state index in [4.69, 9.17) is 0 Å². The Bertz CT molecular complexity index is 599. The molecule has 102 valence electrons. The Hall–Kier alpha value is -2.13. The van der Waals surface area contributed by atoms with Gasteiger partial charge < -0.3 is 4.90 Å². The maximum atomic E-state index is 12.6. The molecule has 0 fully saturated rings. The van der Waals surface area contributed by atoms with Gasteiger partial charge in [-0.1, -0.05) is 5.10 Å². The van der Waals surface area contributed by atoms with Gasteiger partial charge in [0.05, 0.1) is 18.8 Å². The molecule has 0 aliphatic carbocycles. The average Bonchev–Trinajstić information content (AvgIpc) is 2.92. The first-order valence-electron chi connectivity index (χ1n) is 5.56. The van der Waals surface area contributed by atoms with E-state index in [9.17, 15) is 13.2 Å². The second-order valence-electron chi connectivity index (χ2n) is 4.27. The van der Waals surface area contributed by atoms with Crippen molar-refractivity contribution in [1.82, 2.24) is 30.0 Å². The van der Waals surface area contributed by atoms with Gasteiger partial charge in [-0.2, -0.15) is 18.3 Å². The van der Waals surface area contributed by atoms with Gasteiger partial charge >= 0.3 is 6.18 Å². The first kappa shape index (κ1) is 11.9. The SMILES string of the molecule is Cn1nnnc1N1CCn2nc(C(F)(F)F)cc2C1. The minimum absolute atomic E-state index is 0.303. The lowest BCUT2D eigenvalue weighted by molar-refractivity contribution is -0.141. The lowest BCUT2D eigenvalue weighted by Gasteiger charge is -2.27. The molecule has 0 saturated heterocycles. The fraction of sp³-hybridized carbons (Fsp3) is 0.556. The zero-order valence-corrected chi connectivity index (χ0v) is 9.96. The molecule has 3 rings (SSSR count). The van der Waals surface area contributed by atoms with Crippen LogP contribution in [0, 0.1) is 0 Å². The fourth-order valence-electron chi connectivity index (χ4n) is 2.07. The molecule has 0 saturated carbocycles. The van der Waals surface area contributed by atoms with E-state index < -0.39 is 11.9 Å². The highest BCUT2D eigenvalue weighted by atomic mass is 19.4. The summed E-state index contributed by atoms with van der Waals surface area (Å²) in [5, 5.41) is 14.6. The van der Waals surface area contributed by atoms with Gasteiger partial charge in [0.15, 0.2) is 5.69 Å². The van der Waals surface area contributed by atoms with Crippen molar-refractivity contribution >= 4 is 5.95 Å². The van der Waals surface area contributed by atoms with Crippen LogP contribution in [0.4, 0.5) is 19.1 Å². The molecule has 0 spiro atoms. The van der Waals surface area contributed by atoms with E-state index in [0.717, 1.165) is 6.07 Å². The minimum atomic E-state index is -4.42. The molecule has 0 bridgehead atoms. The second kappa shape index (κ2) is 3.93. The molecule has 0 aromatic carbocycles. The van der Waals surface area contributed by atoms with Crippen molar-refractivity contribution in [2.45, 2.75) is 19.3 Å². The summed E-state index contributed by atoms with van der Waals surface area (Å²) in [5.41, 5.74) is -0.359. The number of anilines is 1. The van der Waals surface area contributed by atoms with Crippen LogP contribution in [0.2, 0.25) is 0 Å². The highest BCUT2D eigenvalue weighted by Crippen LogP contribution is 2.30. The number of hydrogen-bond donors (Lipinski definition) is 0. The number of aryl methyl sites for hydroxylation is 1. The first-order chi connectivity index (χ1) is 8.95. The van der Waals surface area contributed by atoms with Crippen LogP contribution < -0.4 is 4.90 Å². The van der Waals surface area contributed by atoms with Crippen molar-refractivity contribution in [3.8, 4) is 0 Å². The largest absolute Gasteiger partial charge is 0.435 e. The lowest BCUT2D eigenvalue weighted by Crippen LogP contribution is -2.35. The van der Waals surface area contributed by atoms with Crippen LogP contribution in [0.15, 0.2) is 6.07 Å². The topological polar surface area (TPSA) is 64.7 Å². The van der Waals surface area contributed by atoms with Gasteiger partial charge in [-0.15, -0.1) is 0 Å². The van der Waals surface area contributed by atoms with Crippen molar-refractivity contribution in [2.24, 2.45) is 7.05 Å². The Morgan fingerprint density at radius 3 is 2.68 bits per heavy atom. The van der Waals surface area contributed by atoms with Gasteiger partial charge in [0.1, 0.15) is 0 Å². The van der Waals surface area contributed by atoms with Crippen molar-refractivity contribution in [3.05, 3.63) is 17.5 Å². The Kier molecular flexibility index (Phi) is 2.47. The summed E-state index contributed by atoms with van der Waals surface area (Å²) in [6.45, 7) is 1.19. The quantitative estimate of drug-likeness (QED) is 0.754. The van der Waals surface area contributed by atoms with Gasteiger partial charge in [-0.05, 0) is 16.5 Å². The molecule has 0 atom stereocenters. The molecule has 19 heavy (non-hydrogen) atoms. The van der Waals surface area contributed by atoms with Gasteiger partial charge in [0.2, 0.25) is 5.95 Å². The molecule has 2 aromatic heterocycles. The van der Waals surface area contributed by atoms with Crippen LogP contribution in [-0.2, 0) is 26.3 Å². The third-order valence-corrected chi connectivity index (χ3v) is 2.97. The fourth-order valence-corrected chi connectivity index (χ4v) is 2.07. The number of alkyl halides is 3. The lowest BCUT2D eigenvalue weighted by atomic mass is 10.3. The smallest absolute Gasteiger partial charge is 0.332 e. The third kappa shape index (κ3) is 2.02.